The maximum Gasteiger partial charge on any atom is 0.322 e. The van der Waals surface area contributed by atoms with Crippen molar-refractivity contribution in [3.63, 3.8) is 0 Å². The van der Waals surface area contributed by atoms with Gasteiger partial charge in [0, 0.05) is 12.5 Å². The van der Waals surface area contributed by atoms with Crippen molar-refractivity contribution in [1.82, 2.24) is 5.32 Å². The molecule has 0 radical (unpaired) electrons. The zero-order chi connectivity index (χ0) is 15.2. The van der Waals surface area contributed by atoms with Crippen molar-refractivity contribution in [2.75, 3.05) is 19.8 Å². The highest BCUT2D eigenvalue weighted by atomic mass is 16.5. The summed E-state index contributed by atoms with van der Waals surface area (Å²) >= 11 is 0. The molecule has 0 aliphatic carbocycles. The molecule has 0 aromatic heterocycles. The van der Waals surface area contributed by atoms with Crippen LogP contribution >= 0.6 is 0 Å². The van der Waals surface area contributed by atoms with Crippen LogP contribution in [0.4, 0.5) is 0 Å². The monoisotopic (exact) mass is 293 g/mol. The average Bonchev–Trinajstić information content (AvgIpc) is 2.71. The normalized spacial score (nSPS) is 16.7. The van der Waals surface area contributed by atoms with E-state index in [-0.39, 0.29) is 18.1 Å². The van der Waals surface area contributed by atoms with Crippen LogP contribution in [0.2, 0.25) is 0 Å². The van der Waals surface area contributed by atoms with Crippen LogP contribution in [0.3, 0.4) is 0 Å². The minimum atomic E-state index is -0.351. The van der Waals surface area contributed by atoms with E-state index in [1.165, 1.54) is 0 Å². The van der Waals surface area contributed by atoms with E-state index < -0.39 is 0 Å². The fourth-order valence-corrected chi connectivity index (χ4v) is 2.26. The van der Waals surface area contributed by atoms with Crippen LogP contribution in [0.5, 0.6) is 11.5 Å². The summed E-state index contributed by atoms with van der Waals surface area (Å²) in [7, 11) is 0. The lowest BCUT2D eigenvalue weighted by Gasteiger charge is -2.20. The second-order valence-corrected chi connectivity index (χ2v) is 5.12. The van der Waals surface area contributed by atoms with Crippen molar-refractivity contribution >= 4 is 5.97 Å². The molecule has 1 heterocycles. The van der Waals surface area contributed by atoms with Crippen LogP contribution in [0.15, 0.2) is 18.2 Å². The zero-order valence-electron chi connectivity index (χ0n) is 12.8. The molecule has 5 nitrogen and oxygen atoms in total. The molecule has 2 unspecified atom stereocenters. The molecular formula is C16H23NO4. The van der Waals surface area contributed by atoms with Gasteiger partial charge in [0.05, 0.1) is 19.8 Å². The Bertz CT molecular complexity index is 489. The van der Waals surface area contributed by atoms with Crippen molar-refractivity contribution in [2.24, 2.45) is 0 Å². The van der Waals surface area contributed by atoms with Gasteiger partial charge in [0.1, 0.15) is 6.04 Å². The lowest BCUT2D eigenvalue weighted by molar-refractivity contribution is -0.145. The minimum Gasteiger partial charge on any atom is -0.490 e. The Labute approximate surface area is 125 Å². The van der Waals surface area contributed by atoms with Gasteiger partial charge in [0.15, 0.2) is 11.5 Å². The third kappa shape index (κ3) is 4.11. The van der Waals surface area contributed by atoms with Gasteiger partial charge < -0.3 is 14.2 Å². The number of carbonyl (C=O) groups is 1. The van der Waals surface area contributed by atoms with Gasteiger partial charge >= 0.3 is 5.97 Å². The summed E-state index contributed by atoms with van der Waals surface area (Å²) < 4.78 is 16.3. The summed E-state index contributed by atoms with van der Waals surface area (Å²) in [6, 6.07) is 5.54. The van der Waals surface area contributed by atoms with E-state index in [0.717, 1.165) is 23.5 Å². The Balaban J connectivity index is 2.04. The van der Waals surface area contributed by atoms with Gasteiger partial charge in [0.25, 0.3) is 0 Å². The standard InChI is InChI=1S/C16H23NO4/c1-4-19-16(18)12(3)17-11(2)13-6-7-14-15(10-13)21-9-5-8-20-14/h6-7,10-12,17H,4-5,8-9H2,1-3H3. The fraction of sp³-hybridized carbons (Fsp3) is 0.562. The molecule has 0 bridgehead atoms. The van der Waals surface area contributed by atoms with Crippen molar-refractivity contribution in [2.45, 2.75) is 39.3 Å². The topological polar surface area (TPSA) is 56.8 Å². The minimum absolute atomic E-state index is 0.0153. The molecule has 2 rings (SSSR count). The predicted molar refractivity (Wildman–Crippen MR) is 79.7 cm³/mol. The van der Waals surface area contributed by atoms with Crippen molar-refractivity contribution in [3.8, 4) is 11.5 Å². The molecule has 1 aliphatic rings. The first-order chi connectivity index (χ1) is 10.1. The summed E-state index contributed by atoms with van der Waals surface area (Å²) in [4.78, 5) is 11.7. The number of rotatable bonds is 5. The maximum absolute atomic E-state index is 11.7. The van der Waals surface area contributed by atoms with E-state index in [4.69, 9.17) is 14.2 Å². The van der Waals surface area contributed by atoms with Crippen molar-refractivity contribution < 1.29 is 19.0 Å². The summed E-state index contributed by atoms with van der Waals surface area (Å²) in [5.74, 6) is 1.31. The van der Waals surface area contributed by atoms with Gasteiger partial charge in [-0.3, -0.25) is 10.1 Å². The third-order valence-corrected chi connectivity index (χ3v) is 3.41. The van der Waals surface area contributed by atoms with Gasteiger partial charge in [-0.15, -0.1) is 0 Å². The summed E-state index contributed by atoms with van der Waals surface area (Å²) in [6.07, 6.45) is 0.887. The predicted octanol–water partition coefficient (Wildman–Crippen LogP) is 2.45. The SMILES string of the molecule is CCOC(=O)C(C)NC(C)c1ccc2c(c1)OCCCO2. The zero-order valence-corrected chi connectivity index (χ0v) is 12.8. The van der Waals surface area contributed by atoms with E-state index in [2.05, 4.69) is 5.32 Å². The number of hydrogen-bond donors (Lipinski definition) is 1. The Morgan fingerprint density at radius 1 is 1.29 bits per heavy atom. The number of ether oxygens (including phenoxy) is 3. The van der Waals surface area contributed by atoms with Gasteiger partial charge in [-0.2, -0.15) is 0 Å². The molecule has 1 aliphatic heterocycles. The number of carbonyl (C=O) groups excluding carboxylic acids is 1. The van der Waals surface area contributed by atoms with Crippen LogP contribution < -0.4 is 14.8 Å². The maximum atomic E-state index is 11.7. The largest absolute Gasteiger partial charge is 0.490 e. The van der Waals surface area contributed by atoms with Crippen molar-refractivity contribution in [1.29, 1.82) is 0 Å². The number of esters is 1. The molecule has 1 N–H and O–H groups in total. The first-order valence-electron chi connectivity index (χ1n) is 7.44. The lowest BCUT2D eigenvalue weighted by atomic mass is 10.1. The van der Waals surface area contributed by atoms with E-state index in [1.54, 1.807) is 13.8 Å². The molecule has 1 aromatic carbocycles. The van der Waals surface area contributed by atoms with E-state index in [9.17, 15) is 4.79 Å². The molecule has 0 saturated heterocycles. The molecule has 5 heteroatoms. The second-order valence-electron chi connectivity index (χ2n) is 5.12. The number of nitrogens with one attached hydrogen (secondary N) is 1. The fourth-order valence-electron chi connectivity index (χ4n) is 2.26. The summed E-state index contributed by atoms with van der Waals surface area (Å²) in [5.41, 5.74) is 1.05. The Morgan fingerprint density at radius 3 is 2.71 bits per heavy atom. The summed E-state index contributed by atoms with van der Waals surface area (Å²) in [5, 5.41) is 3.23. The molecule has 1 aromatic rings. The smallest absolute Gasteiger partial charge is 0.322 e. The Hall–Kier alpha value is -1.75. The molecule has 21 heavy (non-hydrogen) atoms. The van der Waals surface area contributed by atoms with Crippen LogP contribution in [-0.4, -0.2) is 31.8 Å². The lowest BCUT2D eigenvalue weighted by Crippen LogP contribution is -2.37. The first-order valence-corrected chi connectivity index (χ1v) is 7.44. The van der Waals surface area contributed by atoms with Gasteiger partial charge in [0.2, 0.25) is 0 Å². The quantitative estimate of drug-likeness (QED) is 0.845. The molecule has 0 spiro atoms. The molecule has 0 amide bonds. The van der Waals surface area contributed by atoms with Crippen LogP contribution in [0.1, 0.15) is 38.8 Å². The van der Waals surface area contributed by atoms with Crippen LogP contribution in [0.25, 0.3) is 0 Å². The van der Waals surface area contributed by atoms with Gasteiger partial charge in [-0.1, -0.05) is 6.07 Å². The Morgan fingerprint density at radius 2 is 2.00 bits per heavy atom. The van der Waals surface area contributed by atoms with E-state index in [1.807, 2.05) is 25.1 Å². The first kappa shape index (κ1) is 15.6. The number of hydrogen-bond acceptors (Lipinski definition) is 5. The van der Waals surface area contributed by atoms with E-state index in [0.29, 0.717) is 19.8 Å². The average molecular weight is 293 g/mol. The van der Waals surface area contributed by atoms with Gasteiger partial charge in [-0.25, -0.2) is 0 Å². The highest BCUT2D eigenvalue weighted by Crippen LogP contribution is 2.32. The molecule has 0 saturated carbocycles. The van der Waals surface area contributed by atoms with E-state index >= 15 is 0 Å². The van der Waals surface area contributed by atoms with Crippen LogP contribution in [-0.2, 0) is 9.53 Å². The second kappa shape index (κ2) is 7.31. The summed E-state index contributed by atoms with van der Waals surface area (Å²) in [6.45, 7) is 7.35. The molecule has 2 atom stereocenters. The highest BCUT2D eigenvalue weighted by molar-refractivity contribution is 5.75. The third-order valence-electron chi connectivity index (χ3n) is 3.41. The molecule has 0 fully saturated rings. The van der Waals surface area contributed by atoms with Crippen molar-refractivity contribution in [3.05, 3.63) is 23.8 Å². The number of benzene rings is 1. The number of fused-ring (bicyclic) bond motifs is 1. The Kier molecular flexibility index (Phi) is 5.44. The highest BCUT2D eigenvalue weighted by Gasteiger charge is 2.19. The molecule has 116 valence electrons. The van der Waals surface area contributed by atoms with Crippen LogP contribution in [0, 0.1) is 0 Å². The van der Waals surface area contributed by atoms with Gasteiger partial charge in [-0.05, 0) is 38.5 Å². The molecular weight excluding hydrogens is 270 g/mol.